The minimum atomic E-state index is -0.154. The van der Waals surface area contributed by atoms with Crippen molar-refractivity contribution in [3.63, 3.8) is 0 Å². The van der Waals surface area contributed by atoms with Gasteiger partial charge in [-0.15, -0.1) is 0 Å². The maximum absolute atomic E-state index is 11.8. The molecule has 1 N–H and O–H groups in total. The molecule has 2 aromatic rings. The van der Waals surface area contributed by atoms with Crippen molar-refractivity contribution in [2.45, 2.75) is 20.0 Å². The average molecular weight is 323 g/mol. The molecule has 0 aliphatic rings. The molecule has 19 heavy (non-hydrogen) atoms. The van der Waals surface area contributed by atoms with E-state index in [0.29, 0.717) is 23.3 Å². The molecule has 2 rings (SSSR count). The molecule has 0 aliphatic heterocycles. The first-order valence-electron chi connectivity index (χ1n) is 6.02. The summed E-state index contributed by atoms with van der Waals surface area (Å²) >= 11 is 3.26. The first kappa shape index (κ1) is 14.0. The zero-order chi connectivity index (χ0) is 13.8. The molecule has 100 valence electrons. The SMILES string of the molecule is CCc1nc(-c2cccc(COC)c2)[nH]c(=O)c1Br. The summed E-state index contributed by atoms with van der Waals surface area (Å²) in [5.74, 6) is 0.586. The van der Waals surface area contributed by atoms with E-state index in [9.17, 15) is 4.79 Å². The molecule has 4 nitrogen and oxygen atoms in total. The summed E-state index contributed by atoms with van der Waals surface area (Å²) < 4.78 is 5.61. The fourth-order valence-electron chi connectivity index (χ4n) is 1.85. The molecule has 1 aromatic carbocycles. The van der Waals surface area contributed by atoms with E-state index in [-0.39, 0.29) is 5.56 Å². The lowest BCUT2D eigenvalue weighted by Gasteiger charge is -2.07. The Bertz CT molecular complexity index is 638. The van der Waals surface area contributed by atoms with Crippen LogP contribution in [-0.2, 0) is 17.8 Å². The average Bonchev–Trinajstić information content (AvgIpc) is 2.42. The number of benzene rings is 1. The van der Waals surface area contributed by atoms with E-state index in [0.717, 1.165) is 16.8 Å². The summed E-state index contributed by atoms with van der Waals surface area (Å²) in [5.41, 5.74) is 2.53. The van der Waals surface area contributed by atoms with E-state index in [4.69, 9.17) is 4.74 Å². The lowest BCUT2D eigenvalue weighted by atomic mass is 10.1. The van der Waals surface area contributed by atoms with Crippen LogP contribution >= 0.6 is 15.9 Å². The van der Waals surface area contributed by atoms with Crippen LogP contribution in [0.1, 0.15) is 18.2 Å². The van der Waals surface area contributed by atoms with Gasteiger partial charge in [-0.25, -0.2) is 4.98 Å². The van der Waals surface area contributed by atoms with Crippen LogP contribution in [0.3, 0.4) is 0 Å². The maximum atomic E-state index is 11.8. The molecular formula is C14H15BrN2O2. The zero-order valence-corrected chi connectivity index (χ0v) is 12.5. The van der Waals surface area contributed by atoms with Crippen molar-refractivity contribution in [1.29, 1.82) is 0 Å². The van der Waals surface area contributed by atoms with Crippen LogP contribution in [0.4, 0.5) is 0 Å². The highest BCUT2D eigenvalue weighted by Gasteiger charge is 2.09. The van der Waals surface area contributed by atoms with Gasteiger partial charge in [-0.3, -0.25) is 4.79 Å². The van der Waals surface area contributed by atoms with E-state index in [1.165, 1.54) is 0 Å². The monoisotopic (exact) mass is 322 g/mol. The highest BCUT2D eigenvalue weighted by atomic mass is 79.9. The Balaban J connectivity index is 2.49. The van der Waals surface area contributed by atoms with Gasteiger partial charge in [0.25, 0.3) is 5.56 Å². The Labute approximate surface area is 120 Å². The van der Waals surface area contributed by atoms with Gasteiger partial charge in [0.15, 0.2) is 0 Å². The number of hydrogen-bond acceptors (Lipinski definition) is 3. The number of nitrogens with one attached hydrogen (secondary N) is 1. The number of hydrogen-bond donors (Lipinski definition) is 1. The molecule has 0 atom stereocenters. The molecule has 1 aromatic heterocycles. The summed E-state index contributed by atoms with van der Waals surface area (Å²) in [6, 6.07) is 7.79. The van der Waals surface area contributed by atoms with E-state index in [2.05, 4.69) is 25.9 Å². The molecule has 1 heterocycles. The predicted molar refractivity (Wildman–Crippen MR) is 78.1 cm³/mol. The molecule has 5 heteroatoms. The Morgan fingerprint density at radius 3 is 2.89 bits per heavy atom. The summed E-state index contributed by atoms with van der Waals surface area (Å²) in [6.07, 6.45) is 0.704. The molecule has 0 saturated carbocycles. The molecule has 0 spiro atoms. The Kier molecular flexibility index (Phi) is 4.50. The Morgan fingerprint density at radius 2 is 2.21 bits per heavy atom. The van der Waals surface area contributed by atoms with Crippen LogP contribution in [0.5, 0.6) is 0 Å². The standard InChI is InChI=1S/C14H15BrN2O2/c1-3-11-12(15)14(18)17-13(16-11)10-6-4-5-9(7-10)8-19-2/h4-7H,3,8H2,1-2H3,(H,16,17,18). The fraction of sp³-hybridized carbons (Fsp3) is 0.286. The molecular weight excluding hydrogens is 308 g/mol. The molecule has 0 bridgehead atoms. The van der Waals surface area contributed by atoms with Crippen molar-refractivity contribution >= 4 is 15.9 Å². The van der Waals surface area contributed by atoms with Crippen molar-refractivity contribution in [3.8, 4) is 11.4 Å². The number of aromatic amines is 1. The molecule has 0 radical (unpaired) electrons. The van der Waals surface area contributed by atoms with Gasteiger partial charge in [-0.2, -0.15) is 0 Å². The lowest BCUT2D eigenvalue weighted by molar-refractivity contribution is 0.185. The van der Waals surface area contributed by atoms with Gasteiger partial charge in [0, 0.05) is 12.7 Å². The largest absolute Gasteiger partial charge is 0.380 e. The molecule has 0 unspecified atom stereocenters. The van der Waals surface area contributed by atoms with Crippen LogP contribution in [0.25, 0.3) is 11.4 Å². The predicted octanol–water partition coefficient (Wildman–Crippen LogP) is 2.91. The molecule has 0 fully saturated rings. The maximum Gasteiger partial charge on any atom is 0.265 e. The summed E-state index contributed by atoms with van der Waals surface area (Å²) in [5, 5.41) is 0. The number of aromatic nitrogens is 2. The third-order valence-corrected chi connectivity index (χ3v) is 3.60. The zero-order valence-electron chi connectivity index (χ0n) is 10.9. The van der Waals surface area contributed by atoms with Crippen molar-refractivity contribution in [1.82, 2.24) is 9.97 Å². The number of methoxy groups -OCH3 is 1. The highest BCUT2D eigenvalue weighted by Crippen LogP contribution is 2.18. The number of rotatable bonds is 4. The Hall–Kier alpha value is -1.46. The van der Waals surface area contributed by atoms with Crippen LogP contribution in [0.2, 0.25) is 0 Å². The normalized spacial score (nSPS) is 10.7. The van der Waals surface area contributed by atoms with Crippen LogP contribution in [0, 0.1) is 0 Å². The lowest BCUT2D eigenvalue weighted by Crippen LogP contribution is -2.13. The Morgan fingerprint density at radius 1 is 1.42 bits per heavy atom. The van der Waals surface area contributed by atoms with Gasteiger partial charge in [0.05, 0.1) is 12.3 Å². The number of ether oxygens (including phenoxy) is 1. The number of H-pyrrole nitrogens is 1. The second kappa shape index (κ2) is 6.12. The van der Waals surface area contributed by atoms with E-state index in [1.54, 1.807) is 7.11 Å². The third kappa shape index (κ3) is 3.11. The van der Waals surface area contributed by atoms with Gasteiger partial charge in [0.1, 0.15) is 10.3 Å². The molecule has 0 amide bonds. The third-order valence-electron chi connectivity index (χ3n) is 2.78. The summed E-state index contributed by atoms with van der Waals surface area (Å²) in [6.45, 7) is 2.51. The van der Waals surface area contributed by atoms with Crippen LogP contribution in [-0.4, -0.2) is 17.1 Å². The van der Waals surface area contributed by atoms with Crippen molar-refractivity contribution < 1.29 is 4.74 Å². The second-order valence-corrected chi connectivity index (χ2v) is 4.96. The first-order valence-corrected chi connectivity index (χ1v) is 6.82. The smallest absolute Gasteiger partial charge is 0.265 e. The van der Waals surface area contributed by atoms with Crippen molar-refractivity contribution in [2.24, 2.45) is 0 Å². The van der Waals surface area contributed by atoms with Crippen molar-refractivity contribution in [2.75, 3.05) is 7.11 Å². The van der Waals surface area contributed by atoms with Gasteiger partial charge in [-0.05, 0) is 34.0 Å². The summed E-state index contributed by atoms with van der Waals surface area (Å²) in [7, 11) is 1.65. The topological polar surface area (TPSA) is 55.0 Å². The summed E-state index contributed by atoms with van der Waals surface area (Å²) in [4.78, 5) is 19.1. The van der Waals surface area contributed by atoms with Crippen LogP contribution in [0.15, 0.2) is 33.5 Å². The van der Waals surface area contributed by atoms with Gasteiger partial charge in [0.2, 0.25) is 0 Å². The van der Waals surface area contributed by atoms with Gasteiger partial charge >= 0.3 is 0 Å². The fourth-order valence-corrected chi connectivity index (χ4v) is 2.32. The quantitative estimate of drug-likeness (QED) is 0.941. The molecule has 0 saturated heterocycles. The van der Waals surface area contributed by atoms with E-state index in [1.807, 2.05) is 31.2 Å². The van der Waals surface area contributed by atoms with Gasteiger partial charge in [-0.1, -0.05) is 25.1 Å². The van der Waals surface area contributed by atoms with Crippen molar-refractivity contribution in [3.05, 3.63) is 50.3 Å². The van der Waals surface area contributed by atoms with E-state index >= 15 is 0 Å². The number of halogens is 1. The highest BCUT2D eigenvalue weighted by molar-refractivity contribution is 9.10. The van der Waals surface area contributed by atoms with Crippen LogP contribution < -0.4 is 5.56 Å². The van der Waals surface area contributed by atoms with Gasteiger partial charge < -0.3 is 9.72 Å². The number of nitrogens with zero attached hydrogens (tertiary/aromatic N) is 1. The second-order valence-electron chi connectivity index (χ2n) is 4.16. The molecule has 0 aliphatic carbocycles. The van der Waals surface area contributed by atoms with E-state index < -0.39 is 0 Å². The first-order chi connectivity index (χ1) is 9.15. The minimum Gasteiger partial charge on any atom is -0.380 e. The minimum absolute atomic E-state index is 0.154. The number of aryl methyl sites for hydroxylation is 1.